The Balaban J connectivity index is 2.12. The zero-order valence-corrected chi connectivity index (χ0v) is 12.1. The molecule has 1 aliphatic carbocycles. The van der Waals surface area contributed by atoms with Crippen molar-refractivity contribution in [3.63, 3.8) is 0 Å². The van der Waals surface area contributed by atoms with Crippen molar-refractivity contribution >= 4 is 29.0 Å². The Labute approximate surface area is 120 Å². The lowest BCUT2D eigenvalue weighted by atomic mass is 10.0. The molecule has 0 saturated heterocycles. The first kappa shape index (κ1) is 12.9. The van der Waals surface area contributed by atoms with E-state index in [1.54, 1.807) is 0 Å². The van der Waals surface area contributed by atoms with Gasteiger partial charge in [-0.25, -0.2) is 0 Å². The van der Waals surface area contributed by atoms with Crippen LogP contribution in [0.15, 0.2) is 0 Å². The van der Waals surface area contributed by atoms with E-state index in [2.05, 4.69) is 15.1 Å². The zero-order chi connectivity index (χ0) is 13.4. The zero-order valence-electron chi connectivity index (χ0n) is 10.6. The molecule has 5 nitrogen and oxygen atoms in total. The number of hydrogen-bond donors (Lipinski definition) is 0. The Morgan fingerprint density at radius 2 is 2.00 bits per heavy atom. The third-order valence-electron chi connectivity index (χ3n) is 3.44. The summed E-state index contributed by atoms with van der Waals surface area (Å²) in [4.78, 5) is 8.42. The molecule has 0 amide bonds. The van der Waals surface area contributed by atoms with Crippen molar-refractivity contribution < 1.29 is 4.74 Å². The summed E-state index contributed by atoms with van der Waals surface area (Å²) in [5.74, 6) is 0.747. The third-order valence-corrected chi connectivity index (χ3v) is 4.09. The second kappa shape index (κ2) is 5.13. The molecule has 102 valence electrons. The molecule has 0 bridgehead atoms. The summed E-state index contributed by atoms with van der Waals surface area (Å²) in [6, 6.07) is 0.275. The molecule has 2 aromatic heterocycles. The minimum absolute atomic E-state index is 0.275. The number of ether oxygens (including phenoxy) is 1. The minimum atomic E-state index is 0.275. The van der Waals surface area contributed by atoms with Gasteiger partial charge >= 0.3 is 6.01 Å². The van der Waals surface area contributed by atoms with E-state index in [1.807, 2.05) is 6.92 Å². The molecule has 0 aromatic carbocycles. The van der Waals surface area contributed by atoms with Crippen molar-refractivity contribution in [2.45, 2.75) is 38.5 Å². The third kappa shape index (κ3) is 2.25. The predicted molar refractivity (Wildman–Crippen MR) is 73.2 cm³/mol. The van der Waals surface area contributed by atoms with Crippen LogP contribution in [0.25, 0.3) is 5.78 Å². The van der Waals surface area contributed by atoms with Gasteiger partial charge in [-0.15, -0.1) is 5.10 Å². The summed E-state index contributed by atoms with van der Waals surface area (Å²) in [5, 5.41) is 5.14. The fraction of sp³-hybridized carbons (Fsp3) is 0.583. The molecule has 0 aliphatic heterocycles. The molecule has 7 heteroatoms. The van der Waals surface area contributed by atoms with Crippen LogP contribution in [0.4, 0.5) is 0 Å². The first-order valence-electron chi connectivity index (χ1n) is 6.45. The van der Waals surface area contributed by atoms with Crippen molar-refractivity contribution in [3.05, 3.63) is 15.9 Å². The molecule has 0 unspecified atom stereocenters. The number of rotatable bonds is 3. The van der Waals surface area contributed by atoms with Gasteiger partial charge in [0.15, 0.2) is 0 Å². The topological polar surface area (TPSA) is 52.3 Å². The molecule has 0 atom stereocenters. The number of halogens is 2. The number of fused-ring (bicyclic) bond motifs is 1. The van der Waals surface area contributed by atoms with Gasteiger partial charge in [-0.2, -0.15) is 14.5 Å². The molecular weight excluding hydrogens is 287 g/mol. The SMILES string of the molecule is CCOc1nc2nc(Cl)c(C3CCCC3)c(Cl)n2n1. The Morgan fingerprint density at radius 1 is 1.26 bits per heavy atom. The summed E-state index contributed by atoms with van der Waals surface area (Å²) in [5.41, 5.74) is 0.890. The fourth-order valence-electron chi connectivity index (χ4n) is 2.58. The van der Waals surface area contributed by atoms with E-state index in [-0.39, 0.29) is 6.01 Å². The van der Waals surface area contributed by atoms with E-state index >= 15 is 0 Å². The number of hydrogen-bond acceptors (Lipinski definition) is 4. The van der Waals surface area contributed by atoms with E-state index in [0.29, 0.717) is 28.6 Å². The average molecular weight is 301 g/mol. The van der Waals surface area contributed by atoms with Crippen LogP contribution in [0.3, 0.4) is 0 Å². The minimum Gasteiger partial charge on any atom is -0.463 e. The van der Waals surface area contributed by atoms with Gasteiger partial charge in [0.1, 0.15) is 10.3 Å². The second-order valence-corrected chi connectivity index (χ2v) is 5.34. The molecule has 0 spiro atoms. The molecular formula is C12H14Cl2N4O. The van der Waals surface area contributed by atoms with Crippen LogP contribution in [0.5, 0.6) is 6.01 Å². The van der Waals surface area contributed by atoms with Crippen LogP contribution < -0.4 is 4.74 Å². The second-order valence-electron chi connectivity index (χ2n) is 4.63. The van der Waals surface area contributed by atoms with E-state index < -0.39 is 0 Å². The lowest BCUT2D eigenvalue weighted by Crippen LogP contribution is -2.04. The Hall–Kier alpha value is -1.07. The van der Waals surface area contributed by atoms with Crippen molar-refractivity contribution in [3.8, 4) is 6.01 Å². The van der Waals surface area contributed by atoms with E-state index in [0.717, 1.165) is 18.4 Å². The Kier molecular flexibility index (Phi) is 3.50. The predicted octanol–water partition coefficient (Wildman–Crippen LogP) is 3.49. The summed E-state index contributed by atoms with van der Waals surface area (Å²) < 4.78 is 6.77. The first-order valence-corrected chi connectivity index (χ1v) is 7.20. The smallest absolute Gasteiger partial charge is 0.337 e. The molecule has 19 heavy (non-hydrogen) atoms. The van der Waals surface area contributed by atoms with Crippen molar-refractivity contribution in [2.75, 3.05) is 6.61 Å². The molecule has 1 fully saturated rings. The van der Waals surface area contributed by atoms with Crippen molar-refractivity contribution in [1.82, 2.24) is 19.6 Å². The quantitative estimate of drug-likeness (QED) is 0.814. The standard InChI is InChI=1S/C12H14Cl2N4O/c1-2-19-12-16-11-15-9(13)8(7-5-3-4-6-7)10(14)18(11)17-12/h7H,2-6H2,1H3. The highest BCUT2D eigenvalue weighted by molar-refractivity contribution is 6.35. The number of aromatic nitrogens is 4. The lowest BCUT2D eigenvalue weighted by Gasteiger charge is -2.13. The molecule has 2 heterocycles. The molecule has 0 N–H and O–H groups in total. The molecule has 2 aromatic rings. The molecule has 1 saturated carbocycles. The highest BCUT2D eigenvalue weighted by Crippen LogP contribution is 2.40. The maximum Gasteiger partial charge on any atom is 0.337 e. The van der Waals surface area contributed by atoms with Gasteiger partial charge in [-0.1, -0.05) is 36.0 Å². The van der Waals surface area contributed by atoms with E-state index in [4.69, 9.17) is 27.9 Å². The van der Waals surface area contributed by atoms with Gasteiger partial charge in [0.05, 0.1) is 6.61 Å². The van der Waals surface area contributed by atoms with Crippen molar-refractivity contribution in [2.24, 2.45) is 0 Å². The highest BCUT2D eigenvalue weighted by Gasteiger charge is 2.26. The van der Waals surface area contributed by atoms with E-state index in [1.165, 1.54) is 17.4 Å². The summed E-state index contributed by atoms with van der Waals surface area (Å²) in [7, 11) is 0. The van der Waals surface area contributed by atoms with Crippen LogP contribution >= 0.6 is 23.2 Å². The monoisotopic (exact) mass is 300 g/mol. The van der Waals surface area contributed by atoms with Gasteiger partial charge in [0.2, 0.25) is 0 Å². The first-order chi connectivity index (χ1) is 9.20. The average Bonchev–Trinajstić information content (AvgIpc) is 2.99. The van der Waals surface area contributed by atoms with Gasteiger partial charge in [-0.3, -0.25) is 0 Å². The molecule has 3 rings (SSSR count). The maximum atomic E-state index is 6.42. The van der Waals surface area contributed by atoms with Gasteiger partial charge in [-0.05, 0) is 25.7 Å². The van der Waals surface area contributed by atoms with Crippen LogP contribution in [0.2, 0.25) is 10.3 Å². The van der Waals surface area contributed by atoms with E-state index in [9.17, 15) is 0 Å². The number of nitrogens with zero attached hydrogens (tertiary/aromatic N) is 4. The summed E-state index contributed by atoms with van der Waals surface area (Å²) >= 11 is 12.7. The molecule has 0 radical (unpaired) electrons. The largest absolute Gasteiger partial charge is 0.463 e. The maximum absolute atomic E-state index is 6.42. The van der Waals surface area contributed by atoms with Gasteiger partial charge < -0.3 is 4.74 Å². The lowest BCUT2D eigenvalue weighted by molar-refractivity contribution is 0.313. The van der Waals surface area contributed by atoms with Crippen LogP contribution in [0.1, 0.15) is 44.1 Å². The Morgan fingerprint density at radius 3 is 2.68 bits per heavy atom. The molecule has 1 aliphatic rings. The van der Waals surface area contributed by atoms with Gasteiger partial charge in [0, 0.05) is 5.56 Å². The van der Waals surface area contributed by atoms with Crippen molar-refractivity contribution in [1.29, 1.82) is 0 Å². The Bertz CT molecular complexity index is 607. The summed E-state index contributed by atoms with van der Waals surface area (Å²) in [6.45, 7) is 2.37. The highest BCUT2D eigenvalue weighted by atomic mass is 35.5. The van der Waals surface area contributed by atoms with Crippen LogP contribution in [-0.2, 0) is 0 Å². The summed E-state index contributed by atoms with van der Waals surface area (Å²) in [6.07, 6.45) is 4.60. The van der Waals surface area contributed by atoms with Gasteiger partial charge in [0.25, 0.3) is 5.78 Å². The normalized spacial score (nSPS) is 16.4. The fourth-order valence-corrected chi connectivity index (χ4v) is 3.30. The van der Waals surface area contributed by atoms with Crippen LogP contribution in [0, 0.1) is 0 Å². The van der Waals surface area contributed by atoms with Crippen LogP contribution in [-0.4, -0.2) is 26.2 Å².